The Morgan fingerprint density at radius 3 is 2.15 bits per heavy atom. The third kappa shape index (κ3) is 12.0. The Morgan fingerprint density at radius 1 is 0.829 bits per heavy atom. The van der Waals surface area contributed by atoms with Crippen molar-refractivity contribution in [1.29, 1.82) is 0 Å². The van der Waals surface area contributed by atoms with E-state index in [1.807, 2.05) is 12.1 Å². The standard InChI is InChI=1S/C33H49NO7/c1-7-10-11-12-13-14-32(35)41-29(24-40-33(36)27-17-20-30(37-5)31(22-27)38-6)23-39-28-18-15-26(16-19-28)21-25(4)34(8-2)9-3/h15-20,22,25,29H,7-14,21,23-24H2,1-6H3. The maximum atomic E-state index is 12.8. The highest BCUT2D eigenvalue weighted by Crippen LogP contribution is 2.28. The number of benzene rings is 2. The molecule has 41 heavy (non-hydrogen) atoms. The van der Waals surface area contributed by atoms with Crippen LogP contribution in [-0.4, -0.2) is 69.5 Å². The van der Waals surface area contributed by atoms with Crippen LogP contribution in [0.25, 0.3) is 0 Å². The topological polar surface area (TPSA) is 83.5 Å². The molecular formula is C33H49NO7. The normalized spacial score (nSPS) is 12.5. The zero-order valence-corrected chi connectivity index (χ0v) is 25.8. The van der Waals surface area contributed by atoms with Gasteiger partial charge < -0.3 is 28.6 Å². The second-order valence-electron chi connectivity index (χ2n) is 10.2. The van der Waals surface area contributed by atoms with E-state index in [4.69, 9.17) is 23.7 Å². The van der Waals surface area contributed by atoms with Gasteiger partial charge in [-0.1, -0.05) is 58.6 Å². The number of nitrogens with zero attached hydrogens (tertiary/aromatic N) is 1. The average molecular weight is 572 g/mol. The van der Waals surface area contributed by atoms with E-state index in [1.54, 1.807) is 18.2 Å². The summed E-state index contributed by atoms with van der Waals surface area (Å²) < 4.78 is 27.7. The van der Waals surface area contributed by atoms with Crippen LogP contribution >= 0.6 is 0 Å². The van der Waals surface area contributed by atoms with Crippen LogP contribution in [0.15, 0.2) is 42.5 Å². The Bertz CT molecular complexity index is 1040. The molecule has 228 valence electrons. The zero-order valence-electron chi connectivity index (χ0n) is 25.8. The van der Waals surface area contributed by atoms with Crippen molar-refractivity contribution < 1.29 is 33.3 Å². The smallest absolute Gasteiger partial charge is 0.338 e. The Balaban J connectivity index is 2.00. The highest BCUT2D eigenvalue weighted by atomic mass is 16.6. The van der Waals surface area contributed by atoms with Gasteiger partial charge in [-0.2, -0.15) is 0 Å². The number of hydrogen-bond donors (Lipinski definition) is 0. The Kier molecular flexibility index (Phi) is 15.7. The van der Waals surface area contributed by atoms with Gasteiger partial charge in [0.05, 0.1) is 19.8 Å². The molecule has 0 N–H and O–H groups in total. The second kappa shape index (κ2) is 19.0. The van der Waals surface area contributed by atoms with E-state index >= 15 is 0 Å². The summed E-state index contributed by atoms with van der Waals surface area (Å²) >= 11 is 0. The number of carbonyl (C=O) groups excluding carboxylic acids is 2. The average Bonchev–Trinajstić information content (AvgIpc) is 2.99. The van der Waals surface area contributed by atoms with E-state index < -0.39 is 12.1 Å². The fraction of sp³-hybridized carbons (Fsp3) is 0.576. The first kappa shape index (κ1) is 33.9. The van der Waals surface area contributed by atoms with Crippen LogP contribution in [0.4, 0.5) is 0 Å². The van der Waals surface area contributed by atoms with Crippen LogP contribution in [-0.2, 0) is 20.7 Å². The minimum absolute atomic E-state index is 0.0655. The van der Waals surface area contributed by atoms with Crippen molar-refractivity contribution in [2.75, 3.05) is 40.5 Å². The van der Waals surface area contributed by atoms with Gasteiger partial charge in [-0.25, -0.2) is 4.79 Å². The molecule has 2 aromatic rings. The molecule has 0 saturated heterocycles. The fourth-order valence-electron chi connectivity index (χ4n) is 4.68. The number of ether oxygens (including phenoxy) is 5. The number of hydrogen-bond acceptors (Lipinski definition) is 8. The van der Waals surface area contributed by atoms with Gasteiger partial charge in [-0.3, -0.25) is 4.79 Å². The summed E-state index contributed by atoms with van der Waals surface area (Å²) in [6.07, 6.45) is 5.68. The van der Waals surface area contributed by atoms with Crippen LogP contribution in [0.1, 0.15) is 82.1 Å². The van der Waals surface area contributed by atoms with Gasteiger partial charge in [-0.15, -0.1) is 0 Å². The second-order valence-corrected chi connectivity index (χ2v) is 10.2. The summed E-state index contributed by atoms with van der Waals surface area (Å²) in [6, 6.07) is 13.2. The molecule has 0 heterocycles. The van der Waals surface area contributed by atoms with E-state index in [0.29, 0.717) is 35.3 Å². The molecule has 0 aliphatic carbocycles. The van der Waals surface area contributed by atoms with Gasteiger partial charge in [0, 0.05) is 12.5 Å². The van der Waals surface area contributed by atoms with Crippen LogP contribution < -0.4 is 14.2 Å². The maximum absolute atomic E-state index is 12.8. The van der Waals surface area contributed by atoms with Gasteiger partial charge in [0.2, 0.25) is 0 Å². The lowest BCUT2D eigenvalue weighted by atomic mass is 10.1. The lowest BCUT2D eigenvalue weighted by molar-refractivity contribution is -0.153. The van der Waals surface area contributed by atoms with Crippen molar-refractivity contribution in [2.45, 2.75) is 84.8 Å². The van der Waals surface area contributed by atoms with Crippen molar-refractivity contribution in [2.24, 2.45) is 0 Å². The molecule has 0 amide bonds. The number of esters is 2. The van der Waals surface area contributed by atoms with E-state index in [9.17, 15) is 9.59 Å². The van der Waals surface area contributed by atoms with Crippen LogP contribution in [0, 0.1) is 0 Å². The molecule has 0 aromatic heterocycles. The number of methoxy groups -OCH3 is 2. The minimum atomic E-state index is -0.746. The molecule has 2 rings (SSSR count). The summed E-state index contributed by atoms with van der Waals surface area (Å²) in [5.74, 6) is 0.718. The van der Waals surface area contributed by atoms with E-state index in [-0.39, 0.29) is 19.2 Å². The van der Waals surface area contributed by atoms with Crippen molar-refractivity contribution in [3.63, 3.8) is 0 Å². The molecule has 0 spiro atoms. The third-order valence-electron chi connectivity index (χ3n) is 7.13. The minimum Gasteiger partial charge on any atom is -0.493 e. The van der Waals surface area contributed by atoms with Crippen LogP contribution in [0.2, 0.25) is 0 Å². The van der Waals surface area contributed by atoms with Crippen molar-refractivity contribution in [3.8, 4) is 17.2 Å². The SMILES string of the molecule is CCCCCCCC(=O)OC(COC(=O)c1ccc(OC)c(OC)c1)COc1ccc(CC(C)N(CC)CC)cc1. The van der Waals surface area contributed by atoms with E-state index in [0.717, 1.165) is 51.6 Å². The van der Waals surface area contributed by atoms with Gasteiger partial charge >= 0.3 is 11.9 Å². The monoisotopic (exact) mass is 571 g/mol. The molecule has 0 fully saturated rings. The molecule has 0 aliphatic rings. The molecule has 0 saturated carbocycles. The highest BCUT2D eigenvalue weighted by molar-refractivity contribution is 5.90. The predicted molar refractivity (Wildman–Crippen MR) is 161 cm³/mol. The summed E-state index contributed by atoms with van der Waals surface area (Å²) in [6.45, 7) is 10.7. The molecule has 2 unspecified atom stereocenters. The lowest BCUT2D eigenvalue weighted by Gasteiger charge is -2.26. The Morgan fingerprint density at radius 2 is 1.51 bits per heavy atom. The summed E-state index contributed by atoms with van der Waals surface area (Å²) in [7, 11) is 3.03. The first-order valence-corrected chi connectivity index (χ1v) is 14.9. The molecule has 0 aliphatic heterocycles. The van der Waals surface area contributed by atoms with Gasteiger partial charge in [-0.05, 0) is 68.8 Å². The van der Waals surface area contributed by atoms with Gasteiger partial charge in [0.25, 0.3) is 0 Å². The first-order chi connectivity index (χ1) is 19.8. The zero-order chi connectivity index (χ0) is 30.0. The van der Waals surface area contributed by atoms with Crippen molar-refractivity contribution in [3.05, 3.63) is 53.6 Å². The molecule has 2 atom stereocenters. The molecule has 0 bridgehead atoms. The molecule has 8 nitrogen and oxygen atoms in total. The molecular weight excluding hydrogens is 522 g/mol. The summed E-state index contributed by atoms with van der Waals surface area (Å²) in [4.78, 5) is 27.8. The Labute approximate surface area is 246 Å². The maximum Gasteiger partial charge on any atom is 0.338 e. The molecule has 0 radical (unpaired) electrons. The first-order valence-electron chi connectivity index (χ1n) is 14.9. The number of likely N-dealkylation sites (N-methyl/N-ethyl adjacent to an activating group) is 1. The van der Waals surface area contributed by atoms with E-state index in [1.165, 1.54) is 19.8 Å². The Hall–Kier alpha value is -3.26. The van der Waals surface area contributed by atoms with Crippen LogP contribution in [0.5, 0.6) is 17.2 Å². The largest absolute Gasteiger partial charge is 0.493 e. The van der Waals surface area contributed by atoms with Gasteiger partial charge in [0.1, 0.15) is 19.0 Å². The molecule has 8 heteroatoms. The number of carbonyl (C=O) groups is 2. The molecule has 2 aromatic carbocycles. The number of rotatable bonds is 20. The van der Waals surface area contributed by atoms with Gasteiger partial charge in [0.15, 0.2) is 17.6 Å². The highest BCUT2D eigenvalue weighted by Gasteiger charge is 2.20. The van der Waals surface area contributed by atoms with Crippen LogP contribution in [0.3, 0.4) is 0 Å². The predicted octanol–water partition coefficient (Wildman–Crippen LogP) is 6.48. The summed E-state index contributed by atoms with van der Waals surface area (Å²) in [5.41, 5.74) is 1.53. The summed E-state index contributed by atoms with van der Waals surface area (Å²) in [5, 5.41) is 0. The lowest BCUT2D eigenvalue weighted by Crippen LogP contribution is -2.34. The third-order valence-corrected chi connectivity index (χ3v) is 7.13. The fourth-order valence-corrected chi connectivity index (χ4v) is 4.68. The van der Waals surface area contributed by atoms with E-state index in [2.05, 4.69) is 44.7 Å². The number of unbranched alkanes of at least 4 members (excludes halogenated alkanes) is 4. The van der Waals surface area contributed by atoms with Crippen molar-refractivity contribution >= 4 is 11.9 Å². The van der Waals surface area contributed by atoms with Crippen molar-refractivity contribution in [1.82, 2.24) is 4.90 Å². The quantitative estimate of drug-likeness (QED) is 0.132.